The zero-order valence-corrected chi connectivity index (χ0v) is 15.1. The molecule has 0 saturated heterocycles. The summed E-state index contributed by atoms with van der Waals surface area (Å²) in [4.78, 5) is 9.23. The molecule has 1 aromatic heterocycles. The van der Waals surface area contributed by atoms with Crippen LogP contribution in [0.5, 0.6) is 5.75 Å². The summed E-state index contributed by atoms with van der Waals surface area (Å²) in [5.41, 5.74) is 10.1. The number of imidazole rings is 1. The Morgan fingerprint density at radius 3 is 2.50 bits per heavy atom. The number of rotatable bonds is 4. The maximum Gasteiger partial charge on any atom is 0.212 e. The lowest BCUT2D eigenvalue weighted by molar-refractivity contribution is 0.306. The van der Waals surface area contributed by atoms with Gasteiger partial charge < -0.3 is 10.5 Å². The highest BCUT2D eigenvalue weighted by molar-refractivity contribution is 5.94. The second-order valence-corrected chi connectivity index (χ2v) is 6.65. The van der Waals surface area contributed by atoms with E-state index in [0.717, 1.165) is 27.9 Å². The fourth-order valence-electron chi connectivity index (χ4n) is 3.42. The molecule has 5 rings (SSSR count). The van der Waals surface area contributed by atoms with Gasteiger partial charge in [0.1, 0.15) is 12.4 Å². The second-order valence-electron chi connectivity index (χ2n) is 6.65. The van der Waals surface area contributed by atoms with E-state index < -0.39 is 0 Å². The van der Waals surface area contributed by atoms with Crippen LogP contribution in [0.4, 0.5) is 5.95 Å². The zero-order valence-electron chi connectivity index (χ0n) is 15.1. The van der Waals surface area contributed by atoms with Gasteiger partial charge >= 0.3 is 0 Å². The number of aliphatic imine (C=N–C) groups is 1. The van der Waals surface area contributed by atoms with Crippen molar-refractivity contribution in [3.05, 3.63) is 90.0 Å². The minimum Gasteiger partial charge on any atom is -0.489 e. The Morgan fingerprint density at radius 2 is 1.68 bits per heavy atom. The van der Waals surface area contributed by atoms with E-state index in [-0.39, 0.29) is 6.17 Å². The van der Waals surface area contributed by atoms with Crippen LogP contribution in [0.1, 0.15) is 17.3 Å². The SMILES string of the molecule is NC1=N[C@@H](c2ccc(OCc3ccccc3)cc2)n2c(nc3ccccc32)N1. The summed E-state index contributed by atoms with van der Waals surface area (Å²) in [6, 6.07) is 26.1. The minimum atomic E-state index is -0.271. The van der Waals surface area contributed by atoms with Crippen LogP contribution >= 0.6 is 0 Å². The first-order valence-corrected chi connectivity index (χ1v) is 9.12. The Kier molecular flexibility index (Phi) is 3.94. The van der Waals surface area contributed by atoms with E-state index in [1.165, 1.54) is 0 Å². The Labute approximate surface area is 162 Å². The Balaban J connectivity index is 1.44. The summed E-state index contributed by atoms with van der Waals surface area (Å²) >= 11 is 0. The van der Waals surface area contributed by atoms with Crippen molar-refractivity contribution >= 4 is 22.9 Å². The Bertz CT molecular complexity index is 1150. The van der Waals surface area contributed by atoms with Crippen molar-refractivity contribution in [1.82, 2.24) is 9.55 Å². The smallest absolute Gasteiger partial charge is 0.212 e. The summed E-state index contributed by atoms with van der Waals surface area (Å²) in [7, 11) is 0. The van der Waals surface area contributed by atoms with Crippen LogP contribution in [0.2, 0.25) is 0 Å². The van der Waals surface area contributed by atoms with E-state index in [9.17, 15) is 0 Å². The first kappa shape index (κ1) is 16.4. The molecule has 0 aliphatic carbocycles. The summed E-state index contributed by atoms with van der Waals surface area (Å²) < 4.78 is 7.95. The molecule has 2 heterocycles. The lowest BCUT2D eigenvalue weighted by Crippen LogP contribution is -2.31. The van der Waals surface area contributed by atoms with Gasteiger partial charge in [0.15, 0.2) is 12.1 Å². The number of nitrogens with zero attached hydrogens (tertiary/aromatic N) is 3. The molecule has 1 aliphatic heterocycles. The highest BCUT2D eigenvalue weighted by Crippen LogP contribution is 2.32. The van der Waals surface area contributed by atoms with Gasteiger partial charge in [-0.2, -0.15) is 0 Å². The summed E-state index contributed by atoms with van der Waals surface area (Å²) in [6.07, 6.45) is -0.271. The van der Waals surface area contributed by atoms with Gasteiger partial charge in [0, 0.05) is 0 Å². The van der Waals surface area contributed by atoms with Gasteiger partial charge in [-0.05, 0) is 35.4 Å². The molecule has 3 aromatic carbocycles. The Morgan fingerprint density at radius 1 is 0.929 bits per heavy atom. The average Bonchev–Trinajstić information content (AvgIpc) is 3.11. The molecule has 1 aliphatic rings. The summed E-state index contributed by atoms with van der Waals surface area (Å²) in [6.45, 7) is 0.537. The number of nitrogens with one attached hydrogen (secondary N) is 1. The standard InChI is InChI=1S/C22H19N5O/c23-21-25-20(27-19-9-5-4-8-18(19)24-22(27)26-21)16-10-12-17(13-11-16)28-14-15-6-2-1-3-7-15/h1-13,20H,14H2,(H3,23,24,25,26)/t20-/m1/s1. The van der Waals surface area contributed by atoms with Crippen LogP contribution in [0.25, 0.3) is 11.0 Å². The molecule has 1 atom stereocenters. The molecule has 0 amide bonds. The maximum absolute atomic E-state index is 6.00. The van der Waals surface area contributed by atoms with E-state index in [4.69, 9.17) is 10.5 Å². The topological polar surface area (TPSA) is 77.5 Å². The number of para-hydroxylation sites is 2. The predicted octanol–water partition coefficient (Wildman–Crippen LogP) is 3.90. The molecule has 28 heavy (non-hydrogen) atoms. The molecule has 0 radical (unpaired) electrons. The lowest BCUT2D eigenvalue weighted by Gasteiger charge is -2.24. The van der Waals surface area contributed by atoms with E-state index >= 15 is 0 Å². The van der Waals surface area contributed by atoms with Crippen molar-refractivity contribution < 1.29 is 4.74 Å². The third-order valence-corrected chi connectivity index (χ3v) is 4.77. The van der Waals surface area contributed by atoms with E-state index in [1.54, 1.807) is 0 Å². The fraction of sp³-hybridized carbons (Fsp3) is 0.0909. The molecule has 138 valence electrons. The molecule has 0 saturated carbocycles. The van der Waals surface area contributed by atoms with Crippen molar-refractivity contribution in [1.29, 1.82) is 0 Å². The van der Waals surface area contributed by atoms with Gasteiger partial charge in [0.05, 0.1) is 11.0 Å². The number of nitrogens with two attached hydrogens (primary N) is 1. The van der Waals surface area contributed by atoms with Gasteiger partial charge in [-0.3, -0.25) is 9.88 Å². The number of benzene rings is 3. The monoisotopic (exact) mass is 369 g/mol. The summed E-state index contributed by atoms with van der Waals surface area (Å²) in [5, 5.41) is 3.05. The molecule has 6 nitrogen and oxygen atoms in total. The van der Waals surface area contributed by atoms with Gasteiger partial charge in [-0.15, -0.1) is 0 Å². The predicted molar refractivity (Wildman–Crippen MR) is 110 cm³/mol. The van der Waals surface area contributed by atoms with Crippen molar-refractivity contribution in [2.45, 2.75) is 12.8 Å². The number of hydrogen-bond donors (Lipinski definition) is 2. The molecular weight excluding hydrogens is 350 g/mol. The van der Waals surface area contributed by atoms with Crippen LogP contribution in [0, 0.1) is 0 Å². The van der Waals surface area contributed by atoms with Crippen LogP contribution in [0.3, 0.4) is 0 Å². The molecule has 0 spiro atoms. The average molecular weight is 369 g/mol. The van der Waals surface area contributed by atoms with Gasteiger partial charge in [-0.1, -0.05) is 54.6 Å². The zero-order chi connectivity index (χ0) is 18.9. The normalized spacial score (nSPS) is 15.6. The third kappa shape index (κ3) is 2.95. The number of guanidine groups is 1. The van der Waals surface area contributed by atoms with Crippen LogP contribution in [-0.4, -0.2) is 15.5 Å². The van der Waals surface area contributed by atoms with Crippen molar-refractivity contribution in [3.63, 3.8) is 0 Å². The van der Waals surface area contributed by atoms with Gasteiger partial charge in [0.25, 0.3) is 0 Å². The number of ether oxygens (including phenoxy) is 1. The maximum atomic E-state index is 6.00. The first-order valence-electron chi connectivity index (χ1n) is 9.12. The number of hydrogen-bond acceptors (Lipinski definition) is 5. The quantitative estimate of drug-likeness (QED) is 0.572. The highest BCUT2D eigenvalue weighted by Gasteiger charge is 2.24. The number of fused-ring (bicyclic) bond motifs is 3. The Hall–Kier alpha value is -3.80. The molecular formula is C22H19N5O. The van der Waals surface area contributed by atoms with Gasteiger partial charge in [-0.25, -0.2) is 9.98 Å². The molecule has 0 unspecified atom stereocenters. The number of anilines is 1. The molecule has 0 bridgehead atoms. The second kappa shape index (κ2) is 6.74. The van der Waals surface area contributed by atoms with E-state index in [1.807, 2.05) is 78.9 Å². The van der Waals surface area contributed by atoms with Gasteiger partial charge in [0.2, 0.25) is 5.95 Å². The van der Waals surface area contributed by atoms with Crippen LogP contribution < -0.4 is 15.8 Å². The summed E-state index contributed by atoms with van der Waals surface area (Å²) in [5.74, 6) is 1.87. The molecule has 3 N–H and O–H groups in total. The lowest BCUT2D eigenvalue weighted by atomic mass is 10.1. The minimum absolute atomic E-state index is 0.271. The van der Waals surface area contributed by atoms with Crippen molar-refractivity contribution in [2.24, 2.45) is 10.7 Å². The largest absolute Gasteiger partial charge is 0.489 e. The number of aromatic nitrogens is 2. The molecule has 6 heteroatoms. The fourth-order valence-corrected chi connectivity index (χ4v) is 3.42. The van der Waals surface area contributed by atoms with Crippen LogP contribution in [-0.2, 0) is 6.61 Å². The highest BCUT2D eigenvalue weighted by atomic mass is 16.5. The van der Waals surface area contributed by atoms with Crippen molar-refractivity contribution in [3.8, 4) is 5.75 Å². The van der Waals surface area contributed by atoms with Crippen molar-refractivity contribution in [2.75, 3.05) is 5.32 Å². The molecule has 4 aromatic rings. The third-order valence-electron chi connectivity index (χ3n) is 4.77. The molecule has 0 fully saturated rings. The van der Waals surface area contributed by atoms with E-state index in [0.29, 0.717) is 18.5 Å². The van der Waals surface area contributed by atoms with Crippen LogP contribution in [0.15, 0.2) is 83.9 Å². The van der Waals surface area contributed by atoms with E-state index in [2.05, 4.69) is 19.9 Å². The first-order chi connectivity index (χ1) is 13.8.